The molecule has 0 saturated carbocycles. The highest BCUT2D eigenvalue weighted by Crippen LogP contribution is 2.27. The monoisotopic (exact) mass is 212 g/mol. The molecule has 0 spiro atoms. The van der Waals surface area contributed by atoms with Crippen molar-refractivity contribution >= 4 is 11.6 Å². The number of halogens is 1. The van der Waals surface area contributed by atoms with Crippen molar-refractivity contribution in [1.29, 1.82) is 0 Å². The van der Waals surface area contributed by atoms with Crippen molar-refractivity contribution in [3.8, 4) is 0 Å². The second-order valence-electron chi connectivity index (χ2n) is 4.62. The van der Waals surface area contributed by atoms with Gasteiger partial charge in [-0.1, -0.05) is 20.8 Å². The first kappa shape index (κ1) is 11.4. The van der Waals surface area contributed by atoms with E-state index in [0.717, 1.165) is 18.4 Å². The second kappa shape index (κ2) is 4.74. The van der Waals surface area contributed by atoms with Gasteiger partial charge in [0.15, 0.2) is 0 Å². The van der Waals surface area contributed by atoms with Crippen LogP contribution in [0, 0.1) is 5.41 Å². The molecule has 14 heavy (non-hydrogen) atoms. The van der Waals surface area contributed by atoms with E-state index < -0.39 is 0 Å². The molecule has 0 saturated heterocycles. The van der Waals surface area contributed by atoms with E-state index in [-0.39, 0.29) is 10.8 Å². The van der Waals surface area contributed by atoms with Gasteiger partial charge in [-0.05, 0) is 23.8 Å². The fraction of sp³-hybridized carbons (Fsp3) is 0.636. The van der Waals surface area contributed by atoms with Gasteiger partial charge in [-0.25, -0.2) is 9.97 Å². The summed E-state index contributed by atoms with van der Waals surface area (Å²) in [5.74, 6) is 0. The second-order valence-corrected chi connectivity index (χ2v) is 5.15. The SMILES string of the molecule is CC(C)(C)C(Cl)CCc1cncnc1. The van der Waals surface area contributed by atoms with Crippen LogP contribution in [-0.4, -0.2) is 15.3 Å². The molecule has 3 heteroatoms. The number of rotatable bonds is 3. The third kappa shape index (κ3) is 3.62. The molecule has 0 fully saturated rings. The molecule has 2 nitrogen and oxygen atoms in total. The van der Waals surface area contributed by atoms with Gasteiger partial charge in [0.25, 0.3) is 0 Å². The van der Waals surface area contributed by atoms with Crippen molar-refractivity contribution in [3.05, 3.63) is 24.3 Å². The summed E-state index contributed by atoms with van der Waals surface area (Å²) in [6.45, 7) is 6.48. The van der Waals surface area contributed by atoms with Gasteiger partial charge in [-0.3, -0.25) is 0 Å². The number of nitrogens with zero attached hydrogens (tertiary/aromatic N) is 2. The summed E-state index contributed by atoms with van der Waals surface area (Å²) in [5, 5.41) is 0.197. The van der Waals surface area contributed by atoms with Crippen LogP contribution in [0.5, 0.6) is 0 Å². The highest BCUT2D eigenvalue weighted by atomic mass is 35.5. The Morgan fingerprint density at radius 2 is 1.86 bits per heavy atom. The van der Waals surface area contributed by atoms with Crippen LogP contribution in [0.4, 0.5) is 0 Å². The maximum absolute atomic E-state index is 6.27. The standard InChI is InChI=1S/C11H17ClN2/c1-11(2,3)10(12)5-4-9-6-13-8-14-7-9/h6-8,10H,4-5H2,1-3H3. The Kier molecular flexibility index (Phi) is 3.87. The Morgan fingerprint density at radius 1 is 1.29 bits per heavy atom. The van der Waals surface area contributed by atoms with Crippen LogP contribution in [0.2, 0.25) is 0 Å². The van der Waals surface area contributed by atoms with Crippen molar-refractivity contribution < 1.29 is 0 Å². The lowest BCUT2D eigenvalue weighted by Crippen LogP contribution is -2.21. The van der Waals surface area contributed by atoms with Crippen LogP contribution in [-0.2, 0) is 6.42 Å². The molecule has 1 aromatic rings. The molecule has 1 unspecified atom stereocenters. The van der Waals surface area contributed by atoms with Crippen molar-refractivity contribution in [2.75, 3.05) is 0 Å². The van der Waals surface area contributed by atoms with Crippen LogP contribution in [0.15, 0.2) is 18.7 Å². The van der Waals surface area contributed by atoms with Crippen molar-refractivity contribution in [3.63, 3.8) is 0 Å². The summed E-state index contributed by atoms with van der Waals surface area (Å²) in [7, 11) is 0. The van der Waals surface area contributed by atoms with Crippen molar-refractivity contribution in [1.82, 2.24) is 9.97 Å². The van der Waals surface area contributed by atoms with Gasteiger partial charge >= 0.3 is 0 Å². The first-order valence-corrected chi connectivity index (χ1v) is 5.32. The van der Waals surface area contributed by atoms with E-state index in [2.05, 4.69) is 30.7 Å². The lowest BCUT2D eigenvalue weighted by Gasteiger charge is -2.24. The predicted molar refractivity (Wildman–Crippen MR) is 59.4 cm³/mol. The summed E-state index contributed by atoms with van der Waals surface area (Å²) in [6, 6.07) is 0. The average Bonchev–Trinajstić information content (AvgIpc) is 2.14. The fourth-order valence-corrected chi connectivity index (χ4v) is 1.29. The lowest BCUT2D eigenvalue weighted by molar-refractivity contribution is 0.374. The molecule has 0 aliphatic heterocycles. The molecular formula is C11H17ClN2. The minimum atomic E-state index is 0.164. The number of aromatic nitrogens is 2. The summed E-state index contributed by atoms with van der Waals surface area (Å²) in [4.78, 5) is 7.94. The van der Waals surface area contributed by atoms with Gasteiger partial charge in [0.05, 0.1) is 0 Å². The highest BCUT2D eigenvalue weighted by molar-refractivity contribution is 6.21. The Morgan fingerprint density at radius 3 is 2.36 bits per heavy atom. The minimum absolute atomic E-state index is 0.164. The zero-order valence-electron chi connectivity index (χ0n) is 9.00. The number of hydrogen-bond acceptors (Lipinski definition) is 2. The van der Waals surface area contributed by atoms with Crippen molar-refractivity contribution in [2.45, 2.75) is 39.0 Å². The van der Waals surface area contributed by atoms with E-state index in [9.17, 15) is 0 Å². The Bertz CT molecular complexity index is 266. The van der Waals surface area contributed by atoms with E-state index in [0.29, 0.717) is 0 Å². The zero-order valence-corrected chi connectivity index (χ0v) is 9.75. The summed E-state index contributed by atoms with van der Waals surface area (Å²) >= 11 is 6.27. The Hall–Kier alpha value is -0.630. The number of hydrogen-bond donors (Lipinski definition) is 0. The molecule has 0 aromatic carbocycles. The quantitative estimate of drug-likeness (QED) is 0.720. The number of alkyl halides is 1. The molecule has 1 rings (SSSR count). The molecule has 1 aromatic heterocycles. The topological polar surface area (TPSA) is 25.8 Å². The van der Waals surface area contributed by atoms with Crippen molar-refractivity contribution in [2.24, 2.45) is 5.41 Å². The van der Waals surface area contributed by atoms with Gasteiger partial charge in [0.2, 0.25) is 0 Å². The lowest BCUT2D eigenvalue weighted by atomic mass is 9.88. The normalized spacial score (nSPS) is 14.0. The van der Waals surface area contributed by atoms with E-state index in [1.807, 2.05) is 12.4 Å². The third-order valence-electron chi connectivity index (χ3n) is 2.24. The molecule has 78 valence electrons. The van der Waals surface area contributed by atoms with Crippen LogP contribution in [0.25, 0.3) is 0 Å². The fourth-order valence-electron chi connectivity index (χ4n) is 1.19. The Balaban J connectivity index is 2.42. The molecule has 1 atom stereocenters. The summed E-state index contributed by atoms with van der Waals surface area (Å²) in [5.41, 5.74) is 1.32. The maximum Gasteiger partial charge on any atom is 0.115 e. The van der Waals surface area contributed by atoms with E-state index in [4.69, 9.17) is 11.6 Å². The molecular weight excluding hydrogens is 196 g/mol. The first-order chi connectivity index (χ1) is 6.50. The molecule has 0 radical (unpaired) electrons. The molecule has 0 aliphatic carbocycles. The summed E-state index contributed by atoms with van der Waals surface area (Å²) < 4.78 is 0. The van der Waals surface area contributed by atoms with Gasteiger partial charge in [-0.2, -0.15) is 0 Å². The van der Waals surface area contributed by atoms with Crippen LogP contribution < -0.4 is 0 Å². The highest BCUT2D eigenvalue weighted by Gasteiger charge is 2.21. The predicted octanol–water partition coefficient (Wildman–Crippen LogP) is 3.06. The zero-order chi connectivity index (χ0) is 10.6. The minimum Gasteiger partial charge on any atom is -0.245 e. The van der Waals surface area contributed by atoms with Crippen LogP contribution in [0.1, 0.15) is 32.8 Å². The van der Waals surface area contributed by atoms with Gasteiger partial charge < -0.3 is 0 Å². The summed E-state index contributed by atoms with van der Waals surface area (Å²) in [6.07, 6.45) is 7.16. The average molecular weight is 213 g/mol. The molecule has 0 N–H and O–H groups in total. The smallest absolute Gasteiger partial charge is 0.115 e. The van der Waals surface area contributed by atoms with Crippen LogP contribution >= 0.6 is 11.6 Å². The maximum atomic E-state index is 6.27. The third-order valence-corrected chi connectivity index (χ3v) is 3.11. The van der Waals surface area contributed by atoms with E-state index in [1.54, 1.807) is 6.33 Å². The molecule has 0 bridgehead atoms. The molecule has 0 aliphatic rings. The van der Waals surface area contributed by atoms with Gasteiger partial charge in [-0.15, -0.1) is 11.6 Å². The first-order valence-electron chi connectivity index (χ1n) is 4.88. The van der Waals surface area contributed by atoms with E-state index >= 15 is 0 Å². The van der Waals surface area contributed by atoms with Gasteiger partial charge in [0, 0.05) is 17.8 Å². The number of aryl methyl sites for hydroxylation is 1. The molecule has 0 amide bonds. The van der Waals surface area contributed by atoms with E-state index in [1.165, 1.54) is 0 Å². The Labute approximate surface area is 90.7 Å². The molecule has 1 heterocycles. The largest absolute Gasteiger partial charge is 0.245 e. The van der Waals surface area contributed by atoms with Gasteiger partial charge in [0.1, 0.15) is 6.33 Å². The van der Waals surface area contributed by atoms with Crippen LogP contribution in [0.3, 0.4) is 0 Å².